The van der Waals surface area contributed by atoms with E-state index in [2.05, 4.69) is 4.79 Å². The van der Waals surface area contributed by atoms with Crippen LogP contribution in [-0.2, 0) is 14.0 Å². The number of hydrogen-bond acceptors (Lipinski definition) is 3. The molecule has 0 aromatic heterocycles. The van der Waals surface area contributed by atoms with Gasteiger partial charge in [-0.25, -0.2) is 9.18 Å². The highest BCUT2D eigenvalue weighted by atomic mass is 28.4. The molecular weight excluding hydrogens is 291 g/mol. The standard InChI is InChI=1S/C14H19FN2O3Si/c1-5-19-14(18)12(17-16)13(20-21(2,3)4)10-6-8-11(15)9-7-10/h6-9,13H,5H2,1-4H3. The summed E-state index contributed by atoms with van der Waals surface area (Å²) in [4.78, 5) is 14.9. The van der Waals surface area contributed by atoms with E-state index < -0.39 is 26.2 Å². The first-order valence-electron chi connectivity index (χ1n) is 6.61. The average molecular weight is 310 g/mol. The van der Waals surface area contributed by atoms with Crippen LogP contribution in [0.4, 0.5) is 4.39 Å². The third kappa shape index (κ3) is 5.22. The number of carbonyl (C=O) groups is 1. The van der Waals surface area contributed by atoms with Gasteiger partial charge >= 0.3 is 11.7 Å². The fourth-order valence-electron chi connectivity index (χ4n) is 1.68. The van der Waals surface area contributed by atoms with Gasteiger partial charge in [0.15, 0.2) is 14.4 Å². The zero-order valence-corrected chi connectivity index (χ0v) is 13.6. The van der Waals surface area contributed by atoms with E-state index >= 15 is 0 Å². The number of rotatable bonds is 6. The highest BCUT2D eigenvalue weighted by molar-refractivity contribution is 6.70. The molecule has 0 heterocycles. The van der Waals surface area contributed by atoms with E-state index in [1.807, 2.05) is 19.6 Å². The first-order chi connectivity index (χ1) is 9.78. The van der Waals surface area contributed by atoms with E-state index in [-0.39, 0.29) is 12.3 Å². The molecule has 0 saturated carbocycles. The Bertz CT molecular complexity index is 548. The number of carbonyl (C=O) groups excluding carboxylic acids is 1. The quantitative estimate of drug-likeness (QED) is 0.267. The Hall–Kier alpha value is -1.82. The molecule has 1 aromatic carbocycles. The number of ether oxygens (including phenoxy) is 1. The van der Waals surface area contributed by atoms with Crippen molar-refractivity contribution >= 4 is 20.0 Å². The molecule has 0 saturated heterocycles. The lowest BCUT2D eigenvalue weighted by Gasteiger charge is -2.23. The number of nitrogens with zero attached hydrogens (tertiary/aromatic N) is 2. The molecular formula is C14H19FN2O3Si. The van der Waals surface area contributed by atoms with Crippen LogP contribution in [0, 0.1) is 5.82 Å². The third-order valence-electron chi connectivity index (χ3n) is 2.48. The Kier molecular flexibility index (Phi) is 5.96. The molecule has 114 valence electrons. The predicted molar refractivity (Wildman–Crippen MR) is 78.8 cm³/mol. The van der Waals surface area contributed by atoms with E-state index in [1.54, 1.807) is 6.92 Å². The average Bonchev–Trinajstić information content (AvgIpc) is 2.38. The Labute approximate surface area is 124 Å². The van der Waals surface area contributed by atoms with Gasteiger partial charge in [0.1, 0.15) is 5.82 Å². The molecule has 0 bridgehead atoms. The molecule has 0 aliphatic heterocycles. The molecule has 0 amide bonds. The van der Waals surface area contributed by atoms with Crippen LogP contribution in [0.1, 0.15) is 18.6 Å². The number of halogens is 1. The van der Waals surface area contributed by atoms with Crippen LogP contribution in [0.2, 0.25) is 19.6 Å². The van der Waals surface area contributed by atoms with Crippen LogP contribution in [-0.4, -0.2) is 31.4 Å². The van der Waals surface area contributed by atoms with Gasteiger partial charge in [-0.2, -0.15) is 4.79 Å². The Morgan fingerprint density at radius 2 is 1.90 bits per heavy atom. The smallest absolute Gasteiger partial charge is 0.420 e. The summed E-state index contributed by atoms with van der Waals surface area (Å²) in [6.07, 6.45) is -0.888. The van der Waals surface area contributed by atoms with Crippen molar-refractivity contribution in [2.24, 2.45) is 0 Å². The number of esters is 1. The normalized spacial score (nSPS) is 12.4. The van der Waals surface area contributed by atoms with Gasteiger partial charge in [-0.3, -0.25) is 0 Å². The second-order valence-electron chi connectivity index (χ2n) is 5.37. The molecule has 0 aliphatic carbocycles. The Morgan fingerprint density at radius 3 is 2.33 bits per heavy atom. The van der Waals surface area contributed by atoms with E-state index in [9.17, 15) is 9.18 Å². The summed E-state index contributed by atoms with van der Waals surface area (Å²) in [6.45, 7) is 7.61. The van der Waals surface area contributed by atoms with Crippen LogP contribution >= 0.6 is 0 Å². The molecule has 5 nitrogen and oxygen atoms in total. The van der Waals surface area contributed by atoms with Crippen LogP contribution in [0.3, 0.4) is 0 Å². The van der Waals surface area contributed by atoms with E-state index in [0.29, 0.717) is 5.56 Å². The molecule has 0 fully saturated rings. The first kappa shape index (κ1) is 17.2. The lowest BCUT2D eigenvalue weighted by Crippen LogP contribution is -2.35. The highest BCUT2D eigenvalue weighted by Crippen LogP contribution is 2.24. The molecule has 21 heavy (non-hydrogen) atoms. The Morgan fingerprint density at radius 1 is 1.33 bits per heavy atom. The van der Waals surface area contributed by atoms with E-state index in [1.165, 1.54) is 24.3 Å². The van der Waals surface area contributed by atoms with Crippen LogP contribution in [0.15, 0.2) is 24.3 Å². The van der Waals surface area contributed by atoms with Crippen LogP contribution in [0.5, 0.6) is 0 Å². The largest absolute Gasteiger partial charge is 0.457 e. The van der Waals surface area contributed by atoms with Crippen molar-refractivity contribution in [2.45, 2.75) is 32.7 Å². The topological polar surface area (TPSA) is 71.9 Å². The number of hydrogen-bond donors (Lipinski definition) is 0. The maximum Gasteiger partial charge on any atom is 0.420 e. The molecule has 0 aliphatic rings. The minimum Gasteiger partial charge on any atom is -0.457 e. The molecule has 1 unspecified atom stereocenters. The summed E-state index contributed by atoms with van der Waals surface area (Å²) in [5.41, 5.74) is 9.44. The summed E-state index contributed by atoms with van der Waals surface area (Å²) >= 11 is 0. The van der Waals surface area contributed by atoms with Crippen molar-refractivity contribution in [3.05, 3.63) is 41.2 Å². The van der Waals surface area contributed by atoms with Gasteiger partial charge in [0.2, 0.25) is 0 Å². The summed E-state index contributed by atoms with van der Waals surface area (Å²) < 4.78 is 23.8. The molecule has 1 atom stereocenters. The summed E-state index contributed by atoms with van der Waals surface area (Å²) in [7, 11) is -2.06. The van der Waals surface area contributed by atoms with Crippen molar-refractivity contribution in [1.29, 1.82) is 0 Å². The Balaban J connectivity index is 3.21. The molecule has 1 rings (SSSR count). The predicted octanol–water partition coefficient (Wildman–Crippen LogP) is 2.95. The maximum atomic E-state index is 13.0. The third-order valence-corrected chi connectivity index (χ3v) is 3.43. The lowest BCUT2D eigenvalue weighted by atomic mass is 10.1. The summed E-state index contributed by atoms with van der Waals surface area (Å²) in [6, 6.07) is 5.50. The molecule has 0 N–H and O–H groups in total. The van der Waals surface area contributed by atoms with Crippen molar-refractivity contribution in [3.8, 4) is 0 Å². The SMILES string of the molecule is CCOC(=O)C(=[N+]=[N-])C(O[Si](C)(C)C)c1ccc(F)cc1. The van der Waals surface area contributed by atoms with Gasteiger partial charge in [-0.1, -0.05) is 12.1 Å². The van der Waals surface area contributed by atoms with Gasteiger partial charge in [-0.05, 0) is 44.3 Å². The zero-order valence-electron chi connectivity index (χ0n) is 12.6. The van der Waals surface area contributed by atoms with Crippen molar-refractivity contribution in [2.75, 3.05) is 6.61 Å². The van der Waals surface area contributed by atoms with Gasteiger partial charge in [0, 0.05) is 0 Å². The highest BCUT2D eigenvalue weighted by Gasteiger charge is 2.38. The fourth-order valence-corrected chi connectivity index (χ4v) is 2.63. The molecule has 7 heteroatoms. The van der Waals surface area contributed by atoms with Gasteiger partial charge < -0.3 is 14.7 Å². The van der Waals surface area contributed by atoms with E-state index in [4.69, 9.17) is 14.7 Å². The minimum atomic E-state index is -2.06. The fraction of sp³-hybridized carbons (Fsp3) is 0.429. The minimum absolute atomic E-state index is 0.154. The first-order valence-corrected chi connectivity index (χ1v) is 10.0. The van der Waals surface area contributed by atoms with Crippen molar-refractivity contribution in [1.82, 2.24) is 0 Å². The van der Waals surface area contributed by atoms with Gasteiger partial charge in [0.25, 0.3) is 0 Å². The summed E-state index contributed by atoms with van der Waals surface area (Å²) in [5, 5.41) is 0. The second kappa shape index (κ2) is 7.26. The molecule has 1 aromatic rings. The molecule has 0 radical (unpaired) electrons. The van der Waals surface area contributed by atoms with Gasteiger partial charge in [0.05, 0.1) is 6.61 Å². The number of benzene rings is 1. The van der Waals surface area contributed by atoms with Crippen LogP contribution < -0.4 is 0 Å². The van der Waals surface area contributed by atoms with Crippen molar-refractivity contribution in [3.63, 3.8) is 0 Å². The monoisotopic (exact) mass is 310 g/mol. The maximum absolute atomic E-state index is 13.0. The zero-order chi connectivity index (χ0) is 16.0. The van der Waals surface area contributed by atoms with Crippen LogP contribution in [0.25, 0.3) is 5.53 Å². The van der Waals surface area contributed by atoms with Crippen molar-refractivity contribution < 1.29 is 23.1 Å². The second-order valence-corrected chi connectivity index (χ2v) is 9.83. The summed E-state index contributed by atoms with van der Waals surface area (Å²) in [5.74, 6) is -1.16. The molecule has 0 spiro atoms. The van der Waals surface area contributed by atoms with E-state index in [0.717, 1.165) is 0 Å². The van der Waals surface area contributed by atoms with Gasteiger partial charge in [-0.15, -0.1) is 0 Å². The lowest BCUT2D eigenvalue weighted by molar-refractivity contribution is -0.141.